The van der Waals surface area contributed by atoms with Gasteiger partial charge in [0.15, 0.2) is 0 Å². The van der Waals surface area contributed by atoms with Crippen LogP contribution in [0.25, 0.3) is 0 Å². The summed E-state index contributed by atoms with van der Waals surface area (Å²) < 4.78 is 6.09. The molecular weight excluding hydrogens is 172 g/mol. The van der Waals surface area contributed by atoms with Crippen LogP contribution in [0.2, 0.25) is 0 Å². The molecule has 2 unspecified atom stereocenters. The maximum atomic E-state index is 6.09. The van der Waals surface area contributed by atoms with Gasteiger partial charge in [-0.05, 0) is 19.8 Å². The van der Waals surface area contributed by atoms with Crippen LogP contribution in [-0.2, 0) is 4.74 Å². The predicted molar refractivity (Wildman–Crippen MR) is 61.4 cm³/mol. The fraction of sp³-hybridized carbons (Fsp3) is 0.846. The molecule has 82 valence electrons. The van der Waals surface area contributed by atoms with E-state index in [1.165, 1.54) is 18.4 Å². The van der Waals surface area contributed by atoms with Crippen LogP contribution in [0.1, 0.15) is 53.9 Å². The first kappa shape index (κ1) is 11.8. The van der Waals surface area contributed by atoms with E-state index in [4.69, 9.17) is 4.74 Å². The minimum Gasteiger partial charge on any atom is -0.370 e. The van der Waals surface area contributed by atoms with Gasteiger partial charge in [-0.3, -0.25) is 0 Å². The molecule has 0 saturated heterocycles. The summed E-state index contributed by atoms with van der Waals surface area (Å²) >= 11 is 0. The normalized spacial score (nSPS) is 31.4. The molecular formula is C13H24O. The molecule has 1 heteroatoms. The van der Waals surface area contributed by atoms with Crippen molar-refractivity contribution in [3.8, 4) is 0 Å². The summed E-state index contributed by atoms with van der Waals surface area (Å²) in [5.74, 6) is 0. The van der Waals surface area contributed by atoms with Crippen molar-refractivity contribution in [3.63, 3.8) is 0 Å². The maximum Gasteiger partial charge on any atom is 0.0760 e. The molecule has 0 bridgehead atoms. The molecule has 0 aliphatic carbocycles. The summed E-state index contributed by atoms with van der Waals surface area (Å²) in [6.45, 7) is 11.3. The fourth-order valence-corrected chi connectivity index (χ4v) is 2.07. The molecule has 1 aliphatic heterocycles. The van der Waals surface area contributed by atoms with E-state index in [1.807, 2.05) is 0 Å². The van der Waals surface area contributed by atoms with Gasteiger partial charge >= 0.3 is 0 Å². The Bertz CT molecular complexity index is 215. The van der Waals surface area contributed by atoms with Gasteiger partial charge in [-0.15, -0.1) is 0 Å². The summed E-state index contributed by atoms with van der Waals surface area (Å²) in [5, 5.41) is 0. The van der Waals surface area contributed by atoms with E-state index in [1.54, 1.807) is 0 Å². The first-order chi connectivity index (χ1) is 6.52. The zero-order valence-corrected chi connectivity index (χ0v) is 10.3. The minimum atomic E-state index is 0.224. The van der Waals surface area contributed by atoms with Crippen molar-refractivity contribution in [2.45, 2.75) is 66.1 Å². The summed E-state index contributed by atoms with van der Waals surface area (Å²) in [5.41, 5.74) is 1.72. The second-order valence-corrected chi connectivity index (χ2v) is 4.93. The van der Waals surface area contributed by atoms with Crippen LogP contribution >= 0.6 is 0 Å². The number of ether oxygens (including phenoxy) is 1. The predicted octanol–water partition coefficient (Wildman–Crippen LogP) is 3.94. The van der Waals surface area contributed by atoms with E-state index in [9.17, 15) is 0 Å². The Balaban J connectivity index is 2.82. The first-order valence-corrected chi connectivity index (χ1v) is 5.86. The van der Waals surface area contributed by atoms with E-state index >= 15 is 0 Å². The quantitative estimate of drug-likeness (QED) is 0.621. The molecule has 2 atom stereocenters. The van der Waals surface area contributed by atoms with Crippen molar-refractivity contribution in [1.29, 1.82) is 0 Å². The highest BCUT2D eigenvalue weighted by Crippen LogP contribution is 2.39. The average molecular weight is 196 g/mol. The van der Waals surface area contributed by atoms with Gasteiger partial charge in [-0.1, -0.05) is 45.8 Å². The van der Waals surface area contributed by atoms with E-state index in [2.05, 4.69) is 40.7 Å². The molecule has 0 saturated carbocycles. The Morgan fingerprint density at radius 2 is 2.00 bits per heavy atom. The molecule has 0 fully saturated rings. The van der Waals surface area contributed by atoms with Gasteiger partial charge in [0.2, 0.25) is 0 Å². The monoisotopic (exact) mass is 196 g/mol. The lowest BCUT2D eigenvalue weighted by atomic mass is 9.75. The first-order valence-electron chi connectivity index (χ1n) is 5.86. The van der Waals surface area contributed by atoms with E-state index in [0.29, 0.717) is 12.2 Å². The summed E-state index contributed by atoms with van der Waals surface area (Å²) in [4.78, 5) is 0. The van der Waals surface area contributed by atoms with Gasteiger partial charge in [0, 0.05) is 5.41 Å². The molecule has 0 aromatic rings. The number of rotatable bonds is 3. The largest absolute Gasteiger partial charge is 0.370 e. The second kappa shape index (κ2) is 4.48. The van der Waals surface area contributed by atoms with Crippen LogP contribution in [0.3, 0.4) is 0 Å². The van der Waals surface area contributed by atoms with Crippen molar-refractivity contribution >= 4 is 0 Å². The lowest BCUT2D eigenvalue weighted by molar-refractivity contribution is -0.0607. The molecule has 1 rings (SSSR count). The molecule has 0 spiro atoms. The lowest BCUT2D eigenvalue weighted by Gasteiger charge is -2.41. The molecule has 1 aliphatic rings. The molecule has 0 radical (unpaired) electrons. The molecule has 0 aromatic heterocycles. The molecule has 14 heavy (non-hydrogen) atoms. The molecule has 0 amide bonds. The number of hydrogen-bond donors (Lipinski definition) is 0. The second-order valence-electron chi connectivity index (χ2n) is 4.93. The summed E-state index contributed by atoms with van der Waals surface area (Å²) in [7, 11) is 0. The van der Waals surface area contributed by atoms with Crippen LogP contribution in [0.5, 0.6) is 0 Å². The van der Waals surface area contributed by atoms with Gasteiger partial charge in [0.25, 0.3) is 0 Å². The van der Waals surface area contributed by atoms with Crippen molar-refractivity contribution in [2.24, 2.45) is 5.41 Å². The van der Waals surface area contributed by atoms with Gasteiger partial charge in [0.1, 0.15) is 0 Å². The number of hydrogen-bond acceptors (Lipinski definition) is 1. The molecule has 1 nitrogen and oxygen atoms in total. The molecule has 0 aromatic carbocycles. The highest BCUT2D eigenvalue weighted by Gasteiger charge is 2.36. The zero-order chi connectivity index (χ0) is 10.8. The van der Waals surface area contributed by atoms with Crippen molar-refractivity contribution in [2.75, 3.05) is 0 Å². The average Bonchev–Trinajstić information content (AvgIpc) is 2.13. The third kappa shape index (κ3) is 2.20. The van der Waals surface area contributed by atoms with Crippen LogP contribution in [-0.4, -0.2) is 12.2 Å². The Morgan fingerprint density at radius 3 is 2.50 bits per heavy atom. The van der Waals surface area contributed by atoms with Crippen molar-refractivity contribution < 1.29 is 4.74 Å². The van der Waals surface area contributed by atoms with E-state index in [0.717, 1.165) is 6.42 Å². The Kier molecular flexibility index (Phi) is 3.77. The standard InChI is InChI=1S/C13H24O/c1-6-8-12-13(4,5)10(3)9-11(7-2)14-12/h9,11-12H,6-8H2,1-5H3. The zero-order valence-electron chi connectivity index (χ0n) is 10.3. The van der Waals surface area contributed by atoms with Crippen molar-refractivity contribution in [1.82, 2.24) is 0 Å². The van der Waals surface area contributed by atoms with Gasteiger partial charge in [0.05, 0.1) is 12.2 Å². The van der Waals surface area contributed by atoms with Crippen LogP contribution in [0, 0.1) is 5.41 Å². The Labute approximate surface area is 88.5 Å². The summed E-state index contributed by atoms with van der Waals surface area (Å²) in [6, 6.07) is 0. The Morgan fingerprint density at radius 1 is 1.36 bits per heavy atom. The van der Waals surface area contributed by atoms with Gasteiger partial charge in [-0.25, -0.2) is 0 Å². The third-order valence-corrected chi connectivity index (χ3v) is 3.55. The SMILES string of the molecule is CCCC1OC(CC)C=C(C)C1(C)C. The van der Waals surface area contributed by atoms with E-state index < -0.39 is 0 Å². The van der Waals surface area contributed by atoms with Crippen LogP contribution in [0.15, 0.2) is 11.6 Å². The van der Waals surface area contributed by atoms with Crippen LogP contribution < -0.4 is 0 Å². The summed E-state index contributed by atoms with van der Waals surface area (Å²) in [6.07, 6.45) is 6.52. The smallest absolute Gasteiger partial charge is 0.0760 e. The third-order valence-electron chi connectivity index (χ3n) is 3.55. The minimum absolute atomic E-state index is 0.224. The van der Waals surface area contributed by atoms with Crippen molar-refractivity contribution in [3.05, 3.63) is 11.6 Å². The lowest BCUT2D eigenvalue weighted by Crippen LogP contribution is -2.39. The molecule has 1 heterocycles. The Hall–Kier alpha value is -0.300. The van der Waals surface area contributed by atoms with Crippen LogP contribution in [0.4, 0.5) is 0 Å². The van der Waals surface area contributed by atoms with E-state index in [-0.39, 0.29) is 5.41 Å². The van der Waals surface area contributed by atoms with Gasteiger partial charge in [-0.2, -0.15) is 0 Å². The highest BCUT2D eigenvalue weighted by atomic mass is 16.5. The molecule has 0 N–H and O–H groups in total. The topological polar surface area (TPSA) is 9.23 Å². The van der Waals surface area contributed by atoms with Gasteiger partial charge < -0.3 is 4.74 Å². The fourth-order valence-electron chi connectivity index (χ4n) is 2.07. The maximum absolute atomic E-state index is 6.09. The highest BCUT2D eigenvalue weighted by molar-refractivity contribution is 5.17.